The summed E-state index contributed by atoms with van der Waals surface area (Å²) < 4.78 is 1.98. The second-order valence-corrected chi connectivity index (χ2v) is 8.30. The van der Waals surface area contributed by atoms with Crippen molar-refractivity contribution in [1.82, 2.24) is 39.6 Å². The fourth-order valence-corrected chi connectivity index (χ4v) is 4.01. The Labute approximate surface area is 197 Å². The Morgan fingerprint density at radius 2 is 2.03 bits per heavy atom. The third-order valence-electron chi connectivity index (χ3n) is 5.81. The van der Waals surface area contributed by atoms with Crippen molar-refractivity contribution < 1.29 is 0 Å². The predicted molar refractivity (Wildman–Crippen MR) is 136 cm³/mol. The Kier molecular flexibility index (Phi) is 5.33. The molecule has 0 unspecified atom stereocenters. The van der Waals surface area contributed by atoms with Crippen LogP contribution in [0.5, 0.6) is 0 Å². The van der Waals surface area contributed by atoms with Crippen molar-refractivity contribution in [3.63, 3.8) is 0 Å². The summed E-state index contributed by atoms with van der Waals surface area (Å²) >= 11 is 0. The van der Waals surface area contributed by atoms with Gasteiger partial charge in [0.25, 0.3) is 0 Å². The zero-order valence-electron chi connectivity index (χ0n) is 19.7. The van der Waals surface area contributed by atoms with E-state index in [1.165, 1.54) is 0 Å². The molecule has 5 aromatic heterocycles. The molecule has 0 bridgehead atoms. The maximum atomic E-state index is 4.97. The summed E-state index contributed by atoms with van der Waals surface area (Å²) in [6, 6.07) is 6.10. The molecule has 0 fully saturated rings. The molecule has 2 N–H and O–H groups in total. The van der Waals surface area contributed by atoms with Crippen LogP contribution in [0.3, 0.4) is 0 Å². The minimum Gasteiger partial charge on any atom is -0.378 e. The van der Waals surface area contributed by atoms with Crippen LogP contribution in [0.4, 0.5) is 0 Å². The highest BCUT2D eigenvalue weighted by atomic mass is 15.1. The fraction of sp³-hybridized carbons (Fsp3) is 0.154. The molecule has 0 atom stereocenters. The van der Waals surface area contributed by atoms with Crippen molar-refractivity contribution in [2.24, 2.45) is 0 Å². The SMILES string of the molecule is C=C/C(=C\C(=C/C)c1ccc2[nH]nc(-c3cc4c(-n5cnc(C)c5)cncc4[nH]3)c2n1)N(C)C. The van der Waals surface area contributed by atoms with E-state index in [2.05, 4.69) is 49.9 Å². The predicted octanol–water partition coefficient (Wildman–Crippen LogP) is 5.03. The number of hydrogen-bond donors (Lipinski definition) is 2. The van der Waals surface area contributed by atoms with E-state index < -0.39 is 0 Å². The van der Waals surface area contributed by atoms with E-state index >= 15 is 0 Å². The van der Waals surface area contributed by atoms with Crippen molar-refractivity contribution in [2.75, 3.05) is 14.1 Å². The van der Waals surface area contributed by atoms with Gasteiger partial charge in [0.15, 0.2) is 0 Å². The molecule has 5 heterocycles. The first-order valence-electron chi connectivity index (χ1n) is 11.0. The molecule has 8 nitrogen and oxygen atoms in total. The molecule has 0 spiro atoms. The Hall–Kier alpha value is -4.46. The van der Waals surface area contributed by atoms with Crippen LogP contribution in [0.25, 0.3) is 44.6 Å². The van der Waals surface area contributed by atoms with E-state index in [0.717, 1.165) is 61.7 Å². The summed E-state index contributed by atoms with van der Waals surface area (Å²) in [6.07, 6.45) is 13.4. The third-order valence-corrected chi connectivity index (χ3v) is 5.81. The molecule has 0 amide bonds. The lowest BCUT2D eigenvalue weighted by atomic mass is 10.1. The van der Waals surface area contributed by atoms with Gasteiger partial charge >= 0.3 is 0 Å². The molecule has 0 aliphatic carbocycles. The van der Waals surface area contributed by atoms with E-state index in [9.17, 15) is 0 Å². The number of fused-ring (bicyclic) bond motifs is 2. The molecule has 34 heavy (non-hydrogen) atoms. The number of aryl methyl sites for hydroxylation is 1. The Morgan fingerprint density at radius 1 is 1.18 bits per heavy atom. The summed E-state index contributed by atoms with van der Waals surface area (Å²) in [5.74, 6) is 0. The molecule has 0 radical (unpaired) electrons. The van der Waals surface area contributed by atoms with Gasteiger partial charge in [-0.1, -0.05) is 12.7 Å². The second-order valence-electron chi connectivity index (χ2n) is 8.30. The average Bonchev–Trinajstić information content (AvgIpc) is 3.56. The van der Waals surface area contributed by atoms with Gasteiger partial charge in [0, 0.05) is 31.4 Å². The highest BCUT2D eigenvalue weighted by Gasteiger charge is 2.16. The summed E-state index contributed by atoms with van der Waals surface area (Å²) in [5, 5.41) is 8.73. The topological polar surface area (TPSA) is 91.3 Å². The molecule has 0 aliphatic rings. The smallest absolute Gasteiger partial charge is 0.135 e. The van der Waals surface area contributed by atoms with Crippen LogP contribution in [-0.4, -0.2) is 53.7 Å². The van der Waals surface area contributed by atoms with Crippen molar-refractivity contribution in [3.8, 4) is 17.1 Å². The Bertz CT molecular complexity index is 1570. The van der Waals surface area contributed by atoms with Crippen LogP contribution in [0, 0.1) is 6.92 Å². The van der Waals surface area contributed by atoms with Gasteiger partial charge in [-0.25, -0.2) is 9.97 Å². The zero-order chi connectivity index (χ0) is 23.8. The largest absolute Gasteiger partial charge is 0.378 e. The van der Waals surface area contributed by atoms with E-state index in [0.29, 0.717) is 0 Å². The maximum absolute atomic E-state index is 4.97. The van der Waals surface area contributed by atoms with Gasteiger partial charge in [0.2, 0.25) is 0 Å². The first-order valence-corrected chi connectivity index (χ1v) is 11.0. The molecular weight excluding hydrogens is 424 g/mol. The number of hydrogen-bond acceptors (Lipinski definition) is 5. The van der Waals surface area contributed by atoms with Gasteiger partial charge in [-0.2, -0.15) is 5.10 Å². The van der Waals surface area contributed by atoms with Crippen molar-refractivity contribution in [3.05, 3.63) is 85.0 Å². The fourth-order valence-electron chi connectivity index (χ4n) is 4.01. The number of pyridine rings is 2. The van der Waals surface area contributed by atoms with Gasteiger partial charge in [0.05, 0.1) is 52.5 Å². The van der Waals surface area contributed by atoms with Crippen LogP contribution in [-0.2, 0) is 0 Å². The molecule has 0 saturated carbocycles. The van der Waals surface area contributed by atoms with Gasteiger partial charge in [0.1, 0.15) is 11.2 Å². The number of nitrogens with one attached hydrogen (secondary N) is 2. The number of H-pyrrole nitrogens is 2. The number of nitrogens with zero attached hydrogens (tertiary/aromatic N) is 6. The van der Waals surface area contributed by atoms with Gasteiger partial charge < -0.3 is 14.5 Å². The number of rotatable bonds is 6. The average molecular weight is 451 g/mol. The Morgan fingerprint density at radius 3 is 2.74 bits per heavy atom. The quantitative estimate of drug-likeness (QED) is 0.354. The molecule has 0 aromatic carbocycles. The number of likely N-dealkylation sites (N-methyl/N-ethyl adjacent to an activating group) is 1. The van der Waals surface area contributed by atoms with Gasteiger partial charge in [-0.3, -0.25) is 10.1 Å². The summed E-state index contributed by atoms with van der Waals surface area (Å²) in [6.45, 7) is 7.90. The van der Waals surface area contributed by atoms with E-state index in [4.69, 9.17) is 4.98 Å². The standard InChI is InChI=1S/C26H26N8/c1-6-17(10-18(7-2)33(4)5)20-8-9-21-25(30-20)26(32-31-21)22-11-19-23(29-22)12-27-13-24(19)34-14-16(3)28-15-34/h6-15,29H,2H2,1,3-5H3,(H,31,32)/b17-6+,18-10+. The lowest BCUT2D eigenvalue weighted by Crippen LogP contribution is -2.09. The number of imidazole rings is 1. The molecule has 5 rings (SSSR count). The zero-order valence-corrected chi connectivity index (χ0v) is 19.7. The van der Waals surface area contributed by atoms with Crippen molar-refractivity contribution in [2.45, 2.75) is 13.8 Å². The molecule has 170 valence electrons. The second kappa shape index (κ2) is 8.47. The van der Waals surface area contributed by atoms with Crippen molar-refractivity contribution in [1.29, 1.82) is 0 Å². The third kappa shape index (κ3) is 3.69. The first-order chi connectivity index (χ1) is 16.5. The first kappa shape index (κ1) is 21.4. The van der Waals surface area contributed by atoms with Crippen molar-refractivity contribution >= 4 is 27.5 Å². The molecule has 0 saturated heterocycles. The van der Waals surface area contributed by atoms with E-state index in [1.54, 1.807) is 6.33 Å². The number of allylic oxidation sites excluding steroid dienone is 4. The lowest BCUT2D eigenvalue weighted by Gasteiger charge is -2.14. The summed E-state index contributed by atoms with van der Waals surface area (Å²) in [5.41, 5.74) is 9.01. The summed E-state index contributed by atoms with van der Waals surface area (Å²) in [4.78, 5) is 19.2. The Balaban J connectivity index is 1.62. The molecule has 5 aromatic rings. The monoisotopic (exact) mass is 450 g/mol. The number of aromatic amines is 2. The highest BCUT2D eigenvalue weighted by Crippen LogP contribution is 2.31. The lowest BCUT2D eigenvalue weighted by molar-refractivity contribution is 0.530. The van der Waals surface area contributed by atoms with E-state index in [1.807, 2.05) is 74.2 Å². The van der Waals surface area contributed by atoms with Gasteiger partial charge in [-0.15, -0.1) is 0 Å². The van der Waals surface area contributed by atoms with Crippen LogP contribution in [0.1, 0.15) is 18.3 Å². The van der Waals surface area contributed by atoms with Gasteiger partial charge in [-0.05, 0) is 49.8 Å². The minimum absolute atomic E-state index is 0.761. The van der Waals surface area contributed by atoms with Crippen LogP contribution in [0.15, 0.2) is 73.6 Å². The van der Waals surface area contributed by atoms with Crippen LogP contribution in [0.2, 0.25) is 0 Å². The molecule has 0 aliphatic heterocycles. The number of aromatic nitrogens is 7. The summed E-state index contributed by atoms with van der Waals surface area (Å²) in [7, 11) is 3.99. The van der Waals surface area contributed by atoms with Crippen LogP contribution >= 0.6 is 0 Å². The minimum atomic E-state index is 0.761. The molecule has 8 heteroatoms. The van der Waals surface area contributed by atoms with Crippen LogP contribution < -0.4 is 0 Å². The highest BCUT2D eigenvalue weighted by molar-refractivity contribution is 5.96. The van der Waals surface area contributed by atoms with E-state index in [-0.39, 0.29) is 0 Å². The normalized spacial score (nSPS) is 12.6. The molecular formula is C26H26N8. The maximum Gasteiger partial charge on any atom is 0.135 e.